The van der Waals surface area contributed by atoms with Gasteiger partial charge >= 0.3 is 6.18 Å². The molecule has 0 atom stereocenters. The zero-order valence-corrected chi connectivity index (χ0v) is 20.2. The number of amides is 2. The molecule has 198 valence electrons. The van der Waals surface area contributed by atoms with E-state index in [0.717, 1.165) is 11.8 Å². The number of rotatable bonds is 3. The van der Waals surface area contributed by atoms with Crippen molar-refractivity contribution in [1.29, 1.82) is 0 Å². The first kappa shape index (κ1) is 25.7. The van der Waals surface area contributed by atoms with Crippen LogP contribution in [0.2, 0.25) is 0 Å². The van der Waals surface area contributed by atoms with Gasteiger partial charge in [-0.25, -0.2) is 4.39 Å². The van der Waals surface area contributed by atoms with Crippen LogP contribution in [0.15, 0.2) is 48.7 Å². The number of fused-ring (bicyclic) bond motifs is 1. The van der Waals surface area contributed by atoms with Crippen LogP contribution in [0.1, 0.15) is 40.9 Å². The lowest BCUT2D eigenvalue weighted by atomic mass is 9.90. The number of carbonyl (C=O) groups excluding carboxylic acids is 2. The summed E-state index contributed by atoms with van der Waals surface area (Å²) in [5.74, 6) is -1.59. The highest BCUT2D eigenvalue weighted by Crippen LogP contribution is 2.42. The summed E-state index contributed by atoms with van der Waals surface area (Å²) in [6.07, 6.45) is -2.73. The minimum atomic E-state index is -4.69. The minimum absolute atomic E-state index is 0.0395. The molecule has 0 bridgehead atoms. The average Bonchev–Trinajstić information content (AvgIpc) is 3.00. The second-order valence-electron chi connectivity index (χ2n) is 9.36. The van der Waals surface area contributed by atoms with Gasteiger partial charge in [0.1, 0.15) is 22.7 Å². The Morgan fingerprint density at radius 2 is 1.87 bits per heavy atom. The Hall–Kier alpha value is -3.99. The zero-order valence-electron chi connectivity index (χ0n) is 20.2. The molecule has 0 saturated carbocycles. The molecule has 11 heteroatoms. The third-order valence-corrected chi connectivity index (χ3v) is 6.65. The Balaban J connectivity index is 1.46. The van der Waals surface area contributed by atoms with Crippen LogP contribution in [0.25, 0.3) is 11.1 Å². The Kier molecular flexibility index (Phi) is 6.56. The summed E-state index contributed by atoms with van der Waals surface area (Å²) in [4.78, 5) is 28.5. The number of nitrogens with zero attached hydrogens (tertiary/aromatic N) is 1. The SMILES string of the molecule is Cc1ccc(NC(=O)c2ccnc(C(F)(F)F)c2)cc1-c1cc(F)c2c(c1)OC1(CCOCC1)CC(=O)N2. The predicted octanol–water partition coefficient (Wildman–Crippen LogP) is 5.74. The van der Waals surface area contributed by atoms with Crippen LogP contribution in [0.5, 0.6) is 5.75 Å². The van der Waals surface area contributed by atoms with Gasteiger partial charge in [0.05, 0.1) is 19.6 Å². The minimum Gasteiger partial charge on any atom is -0.484 e. The van der Waals surface area contributed by atoms with Crippen molar-refractivity contribution in [2.75, 3.05) is 23.8 Å². The summed E-state index contributed by atoms with van der Waals surface area (Å²) >= 11 is 0. The monoisotopic (exact) mass is 529 g/mol. The van der Waals surface area contributed by atoms with Gasteiger partial charge in [-0.05, 0) is 60.0 Å². The number of aryl methyl sites for hydroxylation is 1. The summed E-state index contributed by atoms with van der Waals surface area (Å²) in [6.45, 7) is 2.65. The molecule has 3 aromatic rings. The molecule has 3 heterocycles. The Morgan fingerprint density at radius 1 is 1.11 bits per heavy atom. The Bertz CT molecular complexity index is 1420. The van der Waals surface area contributed by atoms with Crippen molar-refractivity contribution >= 4 is 23.2 Å². The Labute approximate surface area is 215 Å². The number of carbonyl (C=O) groups is 2. The fourth-order valence-electron chi connectivity index (χ4n) is 4.65. The van der Waals surface area contributed by atoms with Crippen molar-refractivity contribution in [2.24, 2.45) is 0 Å². The number of hydrogen-bond donors (Lipinski definition) is 2. The third kappa shape index (κ3) is 5.19. The lowest BCUT2D eigenvalue weighted by Crippen LogP contribution is -2.43. The van der Waals surface area contributed by atoms with Crippen LogP contribution < -0.4 is 15.4 Å². The topological polar surface area (TPSA) is 89.6 Å². The number of benzene rings is 2. The largest absolute Gasteiger partial charge is 0.484 e. The van der Waals surface area contributed by atoms with Gasteiger partial charge in [-0.3, -0.25) is 14.6 Å². The van der Waals surface area contributed by atoms with E-state index in [1.807, 2.05) is 0 Å². The molecule has 2 aromatic carbocycles. The molecule has 1 fully saturated rings. The third-order valence-electron chi connectivity index (χ3n) is 6.65. The molecule has 1 saturated heterocycles. The highest BCUT2D eigenvalue weighted by molar-refractivity contribution is 6.04. The van der Waals surface area contributed by atoms with Gasteiger partial charge in [0.15, 0.2) is 5.82 Å². The number of nitrogens with one attached hydrogen (secondary N) is 2. The van der Waals surface area contributed by atoms with E-state index < -0.39 is 29.2 Å². The molecule has 2 N–H and O–H groups in total. The molecule has 38 heavy (non-hydrogen) atoms. The number of halogens is 4. The van der Waals surface area contributed by atoms with Gasteiger partial charge in [0.2, 0.25) is 5.91 Å². The smallest absolute Gasteiger partial charge is 0.433 e. The van der Waals surface area contributed by atoms with Gasteiger partial charge in [-0.1, -0.05) is 6.07 Å². The van der Waals surface area contributed by atoms with Crippen LogP contribution in [0.4, 0.5) is 28.9 Å². The van der Waals surface area contributed by atoms with Gasteiger partial charge < -0.3 is 20.1 Å². The van der Waals surface area contributed by atoms with Gasteiger partial charge in [-0.2, -0.15) is 13.2 Å². The van der Waals surface area contributed by atoms with E-state index in [1.54, 1.807) is 31.2 Å². The van der Waals surface area contributed by atoms with Crippen molar-refractivity contribution in [2.45, 2.75) is 38.0 Å². The second-order valence-corrected chi connectivity index (χ2v) is 9.36. The summed E-state index contributed by atoms with van der Waals surface area (Å²) < 4.78 is 65.9. The molecule has 1 spiro atoms. The molecule has 5 rings (SSSR count). The van der Waals surface area contributed by atoms with Crippen molar-refractivity contribution in [3.8, 4) is 16.9 Å². The van der Waals surface area contributed by atoms with E-state index in [9.17, 15) is 22.8 Å². The molecule has 0 unspecified atom stereocenters. The first-order valence-electron chi connectivity index (χ1n) is 11.9. The molecule has 0 radical (unpaired) electrons. The molecule has 7 nitrogen and oxygen atoms in total. The maximum absolute atomic E-state index is 15.2. The van der Waals surface area contributed by atoms with E-state index in [4.69, 9.17) is 9.47 Å². The van der Waals surface area contributed by atoms with Gasteiger partial charge in [-0.15, -0.1) is 0 Å². The lowest BCUT2D eigenvalue weighted by Gasteiger charge is -2.35. The normalized spacial score (nSPS) is 16.7. The van der Waals surface area contributed by atoms with Crippen molar-refractivity contribution in [3.05, 3.63) is 71.3 Å². The Morgan fingerprint density at radius 3 is 2.61 bits per heavy atom. The molecule has 2 aliphatic rings. The number of anilines is 2. The highest BCUT2D eigenvalue weighted by Gasteiger charge is 2.40. The van der Waals surface area contributed by atoms with E-state index in [2.05, 4.69) is 15.6 Å². The van der Waals surface area contributed by atoms with Crippen LogP contribution >= 0.6 is 0 Å². The molecule has 2 amide bonds. The first-order chi connectivity index (χ1) is 18.0. The zero-order chi connectivity index (χ0) is 27.1. The summed E-state index contributed by atoms with van der Waals surface area (Å²) in [5.41, 5.74) is -0.172. The molecule has 2 aliphatic heterocycles. The lowest BCUT2D eigenvalue weighted by molar-refractivity contribution is -0.141. The molecule has 1 aromatic heterocycles. The molecular weight excluding hydrogens is 506 g/mol. The van der Waals surface area contributed by atoms with Crippen LogP contribution in [-0.2, 0) is 15.7 Å². The van der Waals surface area contributed by atoms with E-state index >= 15 is 4.39 Å². The number of aromatic nitrogens is 1. The maximum atomic E-state index is 15.2. The van der Waals surface area contributed by atoms with E-state index in [0.29, 0.717) is 48.9 Å². The maximum Gasteiger partial charge on any atom is 0.433 e. The van der Waals surface area contributed by atoms with Crippen molar-refractivity contribution < 1.29 is 36.6 Å². The van der Waals surface area contributed by atoms with Crippen LogP contribution in [-0.4, -0.2) is 35.6 Å². The molecule has 0 aliphatic carbocycles. The van der Waals surface area contributed by atoms with E-state index in [-0.39, 0.29) is 29.3 Å². The van der Waals surface area contributed by atoms with Crippen molar-refractivity contribution in [3.63, 3.8) is 0 Å². The fraction of sp³-hybridized carbons (Fsp3) is 0.296. The summed E-state index contributed by atoms with van der Waals surface area (Å²) in [5, 5.41) is 5.19. The van der Waals surface area contributed by atoms with Gasteiger partial charge in [0.25, 0.3) is 5.91 Å². The number of hydrogen-bond acceptors (Lipinski definition) is 5. The number of alkyl halides is 3. The quantitative estimate of drug-likeness (QED) is 0.423. The fourth-order valence-corrected chi connectivity index (χ4v) is 4.65. The van der Waals surface area contributed by atoms with Crippen molar-refractivity contribution in [1.82, 2.24) is 4.98 Å². The van der Waals surface area contributed by atoms with E-state index in [1.165, 1.54) is 12.1 Å². The van der Waals surface area contributed by atoms with Gasteiger partial charge in [0, 0.05) is 30.3 Å². The standard InChI is InChI=1S/C27H23F4N3O4/c1-15-2-3-18(33-25(36)16-4-7-32-22(12-16)27(29,30)31)13-19(15)17-10-20(28)24-21(11-17)38-26(14-23(35)34-24)5-8-37-9-6-26/h2-4,7,10-13H,5-6,8-9,14H2,1H3,(H,33,36)(H,34,35). The highest BCUT2D eigenvalue weighted by atomic mass is 19.4. The van der Waals surface area contributed by atoms with Crippen LogP contribution in [0.3, 0.4) is 0 Å². The average molecular weight is 529 g/mol. The van der Waals surface area contributed by atoms with Crippen LogP contribution in [0, 0.1) is 12.7 Å². The second kappa shape index (κ2) is 9.71. The number of pyridine rings is 1. The summed E-state index contributed by atoms with van der Waals surface area (Å²) in [7, 11) is 0. The summed E-state index contributed by atoms with van der Waals surface area (Å²) in [6, 6.07) is 9.63. The molecular formula is C27H23F4N3O4. The number of ether oxygens (including phenoxy) is 2. The predicted molar refractivity (Wildman–Crippen MR) is 130 cm³/mol. The first-order valence-corrected chi connectivity index (χ1v) is 11.9.